The van der Waals surface area contributed by atoms with E-state index >= 15 is 0 Å². The molecule has 0 aliphatic heterocycles. The monoisotopic (exact) mass is 230 g/mol. The van der Waals surface area contributed by atoms with Crippen LogP contribution in [0.15, 0.2) is 0 Å². The van der Waals surface area contributed by atoms with Crippen molar-refractivity contribution in [1.82, 2.24) is 9.44 Å². The van der Waals surface area contributed by atoms with Crippen molar-refractivity contribution in [1.29, 1.82) is 0 Å². The third-order valence-electron chi connectivity index (χ3n) is 1.02. The fourth-order valence-corrected chi connectivity index (χ4v) is 1.31. The highest BCUT2D eigenvalue weighted by atomic mass is 32.2. The lowest BCUT2D eigenvalue weighted by molar-refractivity contribution is -0.121. The average Bonchev–Trinajstić information content (AvgIpc) is 2.00. The van der Waals surface area contributed by atoms with E-state index in [1.807, 2.05) is 4.72 Å². The molecular formula is C6H9F3N2O2S. The Labute approximate surface area is 80.1 Å². The normalized spacial score (nSPS) is 12.4. The van der Waals surface area contributed by atoms with E-state index < -0.39 is 22.9 Å². The maximum atomic E-state index is 11.6. The molecule has 0 saturated heterocycles. The van der Waals surface area contributed by atoms with Crippen molar-refractivity contribution in [2.24, 2.45) is 0 Å². The molecule has 0 heterocycles. The Morgan fingerprint density at radius 2 is 1.86 bits per heavy atom. The van der Waals surface area contributed by atoms with Crippen molar-refractivity contribution < 1.29 is 21.6 Å². The number of hydrogen-bond donors (Lipinski definition) is 2. The highest BCUT2D eigenvalue weighted by Gasteiger charge is 2.29. The Balaban J connectivity index is 3.92. The van der Waals surface area contributed by atoms with E-state index in [-0.39, 0.29) is 13.0 Å². The van der Waals surface area contributed by atoms with Crippen LogP contribution in [-0.2, 0) is 10.2 Å². The molecule has 0 unspecified atom stereocenters. The van der Waals surface area contributed by atoms with Crippen LogP contribution < -0.4 is 9.44 Å². The standard InChI is InChI=1S/C6H9F3N2O2S/c1-2-3-4-10-14(12,13)11-5-6(7,8)9/h1,10-11H,3-5H2. The summed E-state index contributed by atoms with van der Waals surface area (Å²) in [5.74, 6) is 2.14. The Morgan fingerprint density at radius 1 is 1.29 bits per heavy atom. The first kappa shape index (κ1) is 13.2. The highest BCUT2D eigenvalue weighted by Crippen LogP contribution is 2.12. The Kier molecular flexibility index (Phi) is 4.90. The number of halogens is 3. The molecule has 82 valence electrons. The van der Waals surface area contributed by atoms with E-state index in [0.717, 1.165) is 0 Å². The SMILES string of the molecule is C#CCCNS(=O)(=O)NCC(F)(F)F. The second-order valence-corrected chi connectivity index (χ2v) is 3.87. The Hall–Kier alpha value is -0.780. The molecule has 0 aromatic heterocycles. The summed E-state index contributed by atoms with van der Waals surface area (Å²) in [6.45, 7) is -1.69. The van der Waals surface area contributed by atoms with E-state index in [4.69, 9.17) is 6.42 Å². The molecule has 14 heavy (non-hydrogen) atoms. The molecule has 0 aromatic carbocycles. The van der Waals surface area contributed by atoms with Crippen LogP contribution in [0.3, 0.4) is 0 Å². The van der Waals surface area contributed by atoms with Crippen LogP contribution in [0.1, 0.15) is 6.42 Å². The second-order valence-electron chi connectivity index (χ2n) is 2.29. The molecular weight excluding hydrogens is 221 g/mol. The smallest absolute Gasteiger partial charge is 0.201 e. The van der Waals surface area contributed by atoms with Crippen LogP contribution >= 0.6 is 0 Å². The first-order valence-corrected chi connectivity index (χ1v) is 4.99. The predicted octanol–water partition coefficient (Wildman–Crippen LogP) is -0.00400. The van der Waals surface area contributed by atoms with Crippen LogP contribution in [0.4, 0.5) is 13.2 Å². The van der Waals surface area contributed by atoms with Crippen LogP contribution in [0, 0.1) is 12.3 Å². The first-order chi connectivity index (χ1) is 6.27. The van der Waals surface area contributed by atoms with Gasteiger partial charge in [-0.15, -0.1) is 12.3 Å². The fraction of sp³-hybridized carbons (Fsp3) is 0.667. The molecule has 4 nitrogen and oxygen atoms in total. The van der Waals surface area contributed by atoms with Gasteiger partial charge in [0.2, 0.25) is 0 Å². The third kappa shape index (κ3) is 7.85. The van der Waals surface area contributed by atoms with Gasteiger partial charge in [-0.05, 0) is 0 Å². The maximum Gasteiger partial charge on any atom is 0.402 e. The van der Waals surface area contributed by atoms with E-state index in [1.54, 1.807) is 0 Å². The predicted molar refractivity (Wildman–Crippen MR) is 44.4 cm³/mol. The molecule has 0 spiro atoms. The molecule has 0 fully saturated rings. The van der Waals surface area contributed by atoms with Gasteiger partial charge in [0.25, 0.3) is 10.2 Å². The molecule has 0 saturated carbocycles. The van der Waals surface area contributed by atoms with Gasteiger partial charge in [-0.25, -0.2) is 4.72 Å². The summed E-state index contributed by atoms with van der Waals surface area (Å²) in [5, 5.41) is 0. The van der Waals surface area contributed by atoms with E-state index in [2.05, 4.69) is 5.92 Å². The molecule has 0 radical (unpaired) electrons. The van der Waals surface area contributed by atoms with Gasteiger partial charge in [-0.1, -0.05) is 0 Å². The van der Waals surface area contributed by atoms with Gasteiger partial charge >= 0.3 is 6.18 Å². The zero-order valence-corrected chi connectivity index (χ0v) is 7.87. The summed E-state index contributed by atoms with van der Waals surface area (Å²) in [6.07, 6.45) is 0.365. The Bertz CT molecular complexity index is 304. The van der Waals surface area contributed by atoms with Crippen molar-refractivity contribution in [3.05, 3.63) is 0 Å². The van der Waals surface area contributed by atoms with Gasteiger partial charge in [0.1, 0.15) is 6.54 Å². The van der Waals surface area contributed by atoms with Crippen molar-refractivity contribution >= 4 is 10.2 Å². The van der Waals surface area contributed by atoms with E-state index in [9.17, 15) is 21.6 Å². The quantitative estimate of drug-likeness (QED) is 0.516. The molecule has 2 N–H and O–H groups in total. The summed E-state index contributed by atoms with van der Waals surface area (Å²) < 4.78 is 59.5. The lowest BCUT2D eigenvalue weighted by Gasteiger charge is -2.09. The summed E-state index contributed by atoms with van der Waals surface area (Å²) in [5.41, 5.74) is 0. The summed E-state index contributed by atoms with van der Waals surface area (Å²) >= 11 is 0. The van der Waals surface area contributed by atoms with Crippen LogP contribution in [-0.4, -0.2) is 27.7 Å². The lowest BCUT2D eigenvalue weighted by Crippen LogP contribution is -2.41. The first-order valence-electron chi connectivity index (χ1n) is 3.51. The molecule has 0 aliphatic carbocycles. The molecule has 0 aliphatic rings. The van der Waals surface area contributed by atoms with Crippen molar-refractivity contribution in [2.45, 2.75) is 12.6 Å². The van der Waals surface area contributed by atoms with Gasteiger partial charge < -0.3 is 0 Å². The van der Waals surface area contributed by atoms with E-state index in [0.29, 0.717) is 0 Å². The summed E-state index contributed by atoms with van der Waals surface area (Å²) in [4.78, 5) is 0. The zero-order valence-electron chi connectivity index (χ0n) is 7.06. The number of hydrogen-bond acceptors (Lipinski definition) is 2. The minimum Gasteiger partial charge on any atom is -0.201 e. The topological polar surface area (TPSA) is 58.2 Å². The molecule has 8 heteroatoms. The molecule has 0 rings (SSSR count). The number of terminal acetylenes is 1. The third-order valence-corrected chi connectivity index (χ3v) is 2.13. The molecule has 0 atom stereocenters. The zero-order chi connectivity index (χ0) is 11.2. The maximum absolute atomic E-state index is 11.6. The summed E-state index contributed by atoms with van der Waals surface area (Å²) in [7, 11) is -4.10. The minimum absolute atomic E-state index is 0.0936. The van der Waals surface area contributed by atoms with Gasteiger partial charge in [0.15, 0.2) is 0 Å². The van der Waals surface area contributed by atoms with Crippen molar-refractivity contribution in [3.63, 3.8) is 0 Å². The van der Waals surface area contributed by atoms with Crippen LogP contribution in [0.5, 0.6) is 0 Å². The number of alkyl halides is 3. The van der Waals surface area contributed by atoms with Crippen molar-refractivity contribution in [3.8, 4) is 12.3 Å². The van der Waals surface area contributed by atoms with Gasteiger partial charge in [0, 0.05) is 13.0 Å². The molecule has 0 bridgehead atoms. The van der Waals surface area contributed by atoms with E-state index in [1.165, 1.54) is 4.72 Å². The van der Waals surface area contributed by atoms with Gasteiger partial charge in [0.05, 0.1) is 0 Å². The lowest BCUT2D eigenvalue weighted by atomic mass is 10.5. The summed E-state index contributed by atoms with van der Waals surface area (Å²) in [6, 6.07) is 0. The molecule has 0 aromatic rings. The second kappa shape index (κ2) is 5.19. The largest absolute Gasteiger partial charge is 0.402 e. The average molecular weight is 230 g/mol. The minimum atomic E-state index is -4.57. The van der Waals surface area contributed by atoms with Crippen LogP contribution in [0.2, 0.25) is 0 Å². The van der Waals surface area contributed by atoms with Gasteiger partial charge in [-0.3, -0.25) is 0 Å². The number of rotatable bonds is 5. The van der Waals surface area contributed by atoms with Gasteiger partial charge in [-0.2, -0.15) is 26.3 Å². The Morgan fingerprint density at radius 3 is 2.29 bits per heavy atom. The number of nitrogens with one attached hydrogen (secondary N) is 2. The highest BCUT2D eigenvalue weighted by molar-refractivity contribution is 7.87. The van der Waals surface area contributed by atoms with Crippen molar-refractivity contribution in [2.75, 3.05) is 13.1 Å². The fourth-order valence-electron chi connectivity index (χ4n) is 0.485. The van der Waals surface area contributed by atoms with Crippen LogP contribution in [0.25, 0.3) is 0 Å². The molecule has 0 amide bonds.